The van der Waals surface area contributed by atoms with Gasteiger partial charge in [0, 0.05) is 0 Å². The first-order valence-electron chi connectivity index (χ1n) is 9.17. The summed E-state index contributed by atoms with van der Waals surface area (Å²) in [6.45, 7) is 6.02. The number of benzene rings is 1. The number of unbranched alkanes of at least 4 members (excludes halogenated alkanes) is 4. The van der Waals surface area contributed by atoms with Gasteiger partial charge in [0.1, 0.15) is 5.75 Å². The van der Waals surface area contributed by atoms with Gasteiger partial charge in [-0.2, -0.15) is 8.42 Å². The van der Waals surface area contributed by atoms with E-state index in [2.05, 4.69) is 13.8 Å². The number of para-hydroxylation sites is 1. The molecular formula is C19H32O4S. The van der Waals surface area contributed by atoms with E-state index in [0.717, 1.165) is 62.5 Å². The highest BCUT2D eigenvalue weighted by Crippen LogP contribution is 2.30. The summed E-state index contributed by atoms with van der Waals surface area (Å²) in [5.41, 5.74) is 0.883. The predicted octanol–water partition coefficient (Wildman–Crippen LogP) is 5.15. The van der Waals surface area contributed by atoms with Gasteiger partial charge in [0.25, 0.3) is 0 Å². The van der Waals surface area contributed by atoms with Crippen LogP contribution in [0.2, 0.25) is 0 Å². The zero-order valence-corrected chi connectivity index (χ0v) is 16.1. The Kier molecular flexibility index (Phi) is 9.37. The molecule has 138 valence electrons. The van der Waals surface area contributed by atoms with Crippen molar-refractivity contribution in [1.29, 1.82) is 0 Å². The van der Waals surface area contributed by atoms with Crippen LogP contribution in [0.5, 0.6) is 5.75 Å². The van der Waals surface area contributed by atoms with Crippen LogP contribution in [-0.4, -0.2) is 18.4 Å². The fourth-order valence-electron chi connectivity index (χ4n) is 2.80. The minimum atomic E-state index is -4.22. The van der Waals surface area contributed by atoms with Crippen molar-refractivity contribution in [3.05, 3.63) is 29.3 Å². The SMILES string of the molecule is CCCCCc1cccc(CCCCC)c1OC(CC)S(=O)(=O)O. The molecule has 0 fully saturated rings. The third-order valence-corrected chi connectivity index (χ3v) is 5.29. The van der Waals surface area contributed by atoms with E-state index in [4.69, 9.17) is 4.74 Å². The largest absolute Gasteiger partial charge is 0.471 e. The zero-order chi connectivity index (χ0) is 18.0. The minimum absolute atomic E-state index is 0.219. The Morgan fingerprint density at radius 1 is 0.958 bits per heavy atom. The normalized spacial score (nSPS) is 13.0. The van der Waals surface area contributed by atoms with E-state index < -0.39 is 15.6 Å². The maximum atomic E-state index is 11.5. The van der Waals surface area contributed by atoms with E-state index in [1.54, 1.807) is 6.92 Å². The lowest BCUT2D eigenvalue weighted by atomic mass is 9.99. The molecule has 1 atom stereocenters. The molecule has 0 heterocycles. The molecule has 5 heteroatoms. The van der Waals surface area contributed by atoms with Gasteiger partial charge >= 0.3 is 10.1 Å². The van der Waals surface area contributed by atoms with Crippen molar-refractivity contribution in [1.82, 2.24) is 0 Å². The van der Waals surface area contributed by atoms with Crippen LogP contribution >= 0.6 is 0 Å². The molecule has 1 rings (SSSR count). The van der Waals surface area contributed by atoms with Crippen molar-refractivity contribution >= 4 is 10.1 Å². The molecule has 0 aliphatic carbocycles. The summed E-state index contributed by atoms with van der Waals surface area (Å²) in [6.07, 6.45) is 8.59. The summed E-state index contributed by atoms with van der Waals surface area (Å²) in [4.78, 5) is 0. The highest BCUT2D eigenvalue weighted by molar-refractivity contribution is 7.86. The minimum Gasteiger partial charge on any atom is -0.471 e. The third-order valence-electron chi connectivity index (χ3n) is 4.19. The lowest BCUT2D eigenvalue weighted by Crippen LogP contribution is -2.27. The van der Waals surface area contributed by atoms with Gasteiger partial charge in [0.15, 0.2) is 0 Å². The van der Waals surface area contributed by atoms with Crippen molar-refractivity contribution in [2.75, 3.05) is 0 Å². The van der Waals surface area contributed by atoms with Crippen LogP contribution < -0.4 is 4.74 Å². The standard InChI is InChI=1S/C19H32O4S/c1-4-7-9-12-16-14-11-15-17(13-10-8-5-2)19(16)23-18(6-3)24(20,21)22/h11,14-15,18H,4-10,12-13H2,1-3H3,(H,20,21,22). The lowest BCUT2D eigenvalue weighted by Gasteiger charge is -2.20. The zero-order valence-electron chi connectivity index (χ0n) is 15.3. The molecule has 0 radical (unpaired) electrons. The molecule has 0 amide bonds. The molecule has 0 bridgehead atoms. The van der Waals surface area contributed by atoms with Gasteiger partial charge < -0.3 is 4.74 Å². The van der Waals surface area contributed by atoms with Crippen molar-refractivity contribution in [2.24, 2.45) is 0 Å². The molecule has 24 heavy (non-hydrogen) atoms. The number of ether oxygens (including phenoxy) is 1. The van der Waals surface area contributed by atoms with Gasteiger partial charge in [-0.1, -0.05) is 64.7 Å². The number of aryl methyl sites for hydroxylation is 2. The summed E-state index contributed by atoms with van der Waals surface area (Å²) in [5.74, 6) is 0.661. The number of hydrogen-bond donors (Lipinski definition) is 1. The second-order valence-corrected chi connectivity index (χ2v) is 7.85. The molecule has 0 aliphatic rings. The maximum absolute atomic E-state index is 11.5. The molecule has 1 unspecified atom stereocenters. The smallest absolute Gasteiger partial charge is 0.303 e. The topological polar surface area (TPSA) is 63.6 Å². The van der Waals surface area contributed by atoms with E-state index in [0.29, 0.717) is 5.75 Å². The summed E-state index contributed by atoms with van der Waals surface area (Å²) in [6, 6.07) is 6.03. The Balaban J connectivity index is 3.07. The quantitative estimate of drug-likeness (QED) is 0.415. The van der Waals surface area contributed by atoms with Gasteiger partial charge in [-0.15, -0.1) is 0 Å². The van der Waals surface area contributed by atoms with Crippen molar-refractivity contribution in [3.8, 4) is 5.75 Å². The van der Waals surface area contributed by atoms with E-state index >= 15 is 0 Å². The van der Waals surface area contributed by atoms with Crippen LogP contribution in [0.25, 0.3) is 0 Å². The summed E-state index contributed by atoms with van der Waals surface area (Å²) >= 11 is 0. The van der Waals surface area contributed by atoms with Crippen LogP contribution in [0.15, 0.2) is 18.2 Å². The first-order valence-corrected chi connectivity index (χ1v) is 10.7. The monoisotopic (exact) mass is 356 g/mol. The summed E-state index contributed by atoms with van der Waals surface area (Å²) in [7, 11) is -4.22. The Labute approximate surface area is 147 Å². The van der Waals surface area contributed by atoms with Crippen molar-refractivity contribution < 1.29 is 17.7 Å². The van der Waals surface area contributed by atoms with E-state index in [1.807, 2.05) is 18.2 Å². The van der Waals surface area contributed by atoms with Gasteiger partial charge in [0.2, 0.25) is 5.44 Å². The Hall–Kier alpha value is -1.07. The second-order valence-electron chi connectivity index (χ2n) is 6.29. The van der Waals surface area contributed by atoms with Gasteiger partial charge in [-0.05, 0) is 43.2 Å². The Bertz CT molecular complexity index is 553. The fraction of sp³-hybridized carbons (Fsp3) is 0.684. The van der Waals surface area contributed by atoms with Gasteiger partial charge in [-0.3, -0.25) is 4.55 Å². The van der Waals surface area contributed by atoms with Crippen LogP contribution in [0, 0.1) is 0 Å². The molecule has 0 saturated heterocycles. The maximum Gasteiger partial charge on any atom is 0.303 e. The highest BCUT2D eigenvalue weighted by Gasteiger charge is 2.25. The van der Waals surface area contributed by atoms with Crippen LogP contribution in [0.1, 0.15) is 76.8 Å². The molecule has 0 spiro atoms. The number of hydrogen-bond acceptors (Lipinski definition) is 3. The summed E-state index contributed by atoms with van der Waals surface area (Å²) in [5, 5.41) is 0. The third kappa shape index (κ3) is 6.81. The average molecular weight is 357 g/mol. The van der Waals surface area contributed by atoms with Gasteiger partial charge in [0.05, 0.1) is 0 Å². The van der Waals surface area contributed by atoms with Crippen LogP contribution in [0.4, 0.5) is 0 Å². The van der Waals surface area contributed by atoms with E-state index in [1.165, 1.54) is 0 Å². The Morgan fingerprint density at radius 3 is 1.83 bits per heavy atom. The van der Waals surface area contributed by atoms with Crippen molar-refractivity contribution in [2.45, 2.75) is 84.0 Å². The lowest BCUT2D eigenvalue weighted by molar-refractivity contribution is 0.248. The first kappa shape index (κ1) is 21.0. The molecule has 0 aliphatic heterocycles. The molecule has 0 aromatic heterocycles. The van der Waals surface area contributed by atoms with Crippen LogP contribution in [-0.2, 0) is 23.0 Å². The van der Waals surface area contributed by atoms with Crippen molar-refractivity contribution in [3.63, 3.8) is 0 Å². The molecular weight excluding hydrogens is 324 g/mol. The first-order chi connectivity index (χ1) is 11.4. The molecule has 1 aromatic carbocycles. The van der Waals surface area contributed by atoms with E-state index in [9.17, 15) is 13.0 Å². The van der Waals surface area contributed by atoms with E-state index in [-0.39, 0.29) is 6.42 Å². The fourth-order valence-corrected chi connectivity index (χ4v) is 3.44. The van der Waals surface area contributed by atoms with Crippen LogP contribution in [0.3, 0.4) is 0 Å². The highest BCUT2D eigenvalue weighted by atomic mass is 32.2. The second kappa shape index (κ2) is 10.7. The molecule has 0 saturated carbocycles. The molecule has 4 nitrogen and oxygen atoms in total. The molecule has 1 aromatic rings. The molecule has 1 N–H and O–H groups in total. The predicted molar refractivity (Wildman–Crippen MR) is 99.2 cm³/mol. The Morgan fingerprint density at radius 2 is 1.46 bits per heavy atom. The average Bonchev–Trinajstić information content (AvgIpc) is 2.53. The van der Waals surface area contributed by atoms with Gasteiger partial charge in [-0.25, -0.2) is 0 Å². The summed E-state index contributed by atoms with van der Waals surface area (Å²) < 4.78 is 38.3. The number of rotatable bonds is 12.